The summed E-state index contributed by atoms with van der Waals surface area (Å²) >= 11 is 1.59. The molecular formula is C15H15NO2S. The Hall–Kier alpha value is -1.94. The zero-order valence-corrected chi connectivity index (χ0v) is 11.4. The van der Waals surface area contributed by atoms with E-state index in [4.69, 9.17) is 0 Å². The van der Waals surface area contributed by atoms with Crippen molar-refractivity contribution in [2.45, 2.75) is 19.4 Å². The van der Waals surface area contributed by atoms with Gasteiger partial charge in [0.15, 0.2) is 0 Å². The van der Waals surface area contributed by atoms with E-state index in [1.165, 1.54) is 6.92 Å². The average Bonchev–Trinajstić information content (AvgIpc) is 2.90. The number of hydrogen-bond acceptors (Lipinski definition) is 3. The average molecular weight is 273 g/mol. The van der Waals surface area contributed by atoms with Crippen molar-refractivity contribution >= 4 is 23.0 Å². The Bertz CT molecular complexity index is 549. The van der Waals surface area contributed by atoms with Crippen molar-refractivity contribution < 1.29 is 9.59 Å². The first-order valence-corrected chi connectivity index (χ1v) is 6.92. The van der Waals surface area contributed by atoms with Gasteiger partial charge in [0.25, 0.3) is 0 Å². The van der Waals surface area contributed by atoms with Gasteiger partial charge < -0.3 is 5.32 Å². The predicted molar refractivity (Wildman–Crippen MR) is 76.0 cm³/mol. The molecular weight excluding hydrogens is 258 g/mol. The fraction of sp³-hybridized carbons (Fsp3) is 0.200. The van der Waals surface area contributed by atoms with Crippen LogP contribution in [0.3, 0.4) is 0 Å². The molecule has 1 aromatic carbocycles. The molecule has 0 aliphatic rings. The van der Waals surface area contributed by atoms with Gasteiger partial charge in [-0.15, -0.1) is 11.3 Å². The fourth-order valence-electron chi connectivity index (χ4n) is 1.86. The highest BCUT2D eigenvalue weighted by atomic mass is 32.1. The maximum Gasteiger partial charge on any atom is 0.228 e. The van der Waals surface area contributed by atoms with Crippen molar-refractivity contribution in [2.24, 2.45) is 0 Å². The number of benzene rings is 1. The second-order valence-electron chi connectivity index (χ2n) is 4.31. The highest BCUT2D eigenvalue weighted by Gasteiger charge is 2.18. The first kappa shape index (κ1) is 13.5. The Morgan fingerprint density at radius 2 is 1.89 bits per heavy atom. The summed E-state index contributed by atoms with van der Waals surface area (Å²) in [5, 5.41) is 4.89. The highest BCUT2D eigenvalue weighted by Crippen LogP contribution is 2.25. The molecule has 4 heteroatoms. The zero-order valence-electron chi connectivity index (χ0n) is 10.6. The van der Waals surface area contributed by atoms with Gasteiger partial charge in [0.1, 0.15) is 5.78 Å². The Morgan fingerprint density at radius 1 is 1.16 bits per heavy atom. The summed E-state index contributed by atoms with van der Waals surface area (Å²) in [5.74, 6) is -0.370. The lowest BCUT2D eigenvalue weighted by atomic mass is 10.1. The lowest BCUT2D eigenvalue weighted by Crippen LogP contribution is -2.29. The molecule has 0 saturated carbocycles. The van der Waals surface area contributed by atoms with Crippen molar-refractivity contribution in [1.29, 1.82) is 0 Å². The molecule has 2 aromatic rings. The Balaban J connectivity index is 2.21. The van der Waals surface area contributed by atoms with Crippen LogP contribution in [0.25, 0.3) is 0 Å². The molecule has 0 saturated heterocycles. The van der Waals surface area contributed by atoms with E-state index in [1.807, 2.05) is 47.8 Å². The number of carbonyl (C=O) groups is 2. The summed E-state index contributed by atoms with van der Waals surface area (Å²) in [5.41, 5.74) is 1.02. The van der Waals surface area contributed by atoms with Crippen LogP contribution in [-0.4, -0.2) is 11.7 Å². The molecule has 0 fully saturated rings. The molecule has 0 aliphatic heterocycles. The second-order valence-corrected chi connectivity index (χ2v) is 5.28. The number of hydrogen-bond donors (Lipinski definition) is 1. The highest BCUT2D eigenvalue weighted by molar-refractivity contribution is 7.10. The van der Waals surface area contributed by atoms with Gasteiger partial charge in [-0.3, -0.25) is 9.59 Å². The molecule has 1 unspecified atom stereocenters. The molecule has 0 spiro atoms. The van der Waals surface area contributed by atoms with Crippen LogP contribution in [0.1, 0.15) is 29.8 Å². The number of thiophene rings is 1. The van der Waals surface area contributed by atoms with Gasteiger partial charge in [-0.25, -0.2) is 0 Å². The van der Waals surface area contributed by atoms with E-state index in [0.717, 1.165) is 10.4 Å². The molecule has 19 heavy (non-hydrogen) atoms. The van der Waals surface area contributed by atoms with Crippen LogP contribution < -0.4 is 5.32 Å². The maximum absolute atomic E-state index is 11.8. The van der Waals surface area contributed by atoms with E-state index < -0.39 is 0 Å². The van der Waals surface area contributed by atoms with E-state index in [0.29, 0.717) is 0 Å². The van der Waals surface area contributed by atoms with Crippen LogP contribution in [-0.2, 0) is 9.59 Å². The van der Waals surface area contributed by atoms with Gasteiger partial charge in [0.2, 0.25) is 5.91 Å². The van der Waals surface area contributed by atoms with Crippen molar-refractivity contribution in [3.8, 4) is 0 Å². The standard InChI is InChI=1S/C15H15NO2S/c1-11(17)10-14(18)16-15(13-8-5-9-19-13)12-6-3-2-4-7-12/h2-9,15H,10H2,1H3,(H,16,18). The SMILES string of the molecule is CC(=O)CC(=O)NC(c1ccccc1)c1cccs1. The summed E-state index contributed by atoms with van der Waals surface area (Å²) in [6.07, 6.45) is -0.0747. The van der Waals surface area contributed by atoms with Gasteiger partial charge in [-0.2, -0.15) is 0 Å². The van der Waals surface area contributed by atoms with Crippen LogP contribution in [0.5, 0.6) is 0 Å². The molecule has 1 aromatic heterocycles. The summed E-state index contributed by atoms with van der Waals surface area (Å²) in [7, 11) is 0. The third-order valence-electron chi connectivity index (χ3n) is 2.68. The van der Waals surface area contributed by atoms with Crippen molar-refractivity contribution in [3.05, 3.63) is 58.3 Å². The summed E-state index contributed by atoms with van der Waals surface area (Å²) in [4.78, 5) is 23.9. The quantitative estimate of drug-likeness (QED) is 0.851. The topological polar surface area (TPSA) is 46.2 Å². The molecule has 1 heterocycles. The number of ketones is 1. The summed E-state index contributed by atoms with van der Waals surface area (Å²) in [6.45, 7) is 1.42. The largest absolute Gasteiger partial charge is 0.344 e. The fourth-order valence-corrected chi connectivity index (χ4v) is 2.66. The molecule has 1 amide bonds. The smallest absolute Gasteiger partial charge is 0.228 e. The third-order valence-corrected chi connectivity index (χ3v) is 3.61. The van der Waals surface area contributed by atoms with Crippen LogP contribution in [0.2, 0.25) is 0 Å². The molecule has 2 rings (SSSR count). The summed E-state index contributed by atoms with van der Waals surface area (Å²) < 4.78 is 0. The second kappa shape index (κ2) is 6.29. The molecule has 0 bridgehead atoms. The van der Waals surface area contributed by atoms with E-state index in [2.05, 4.69) is 5.32 Å². The molecule has 98 valence electrons. The van der Waals surface area contributed by atoms with E-state index in [9.17, 15) is 9.59 Å². The lowest BCUT2D eigenvalue weighted by molar-refractivity contribution is -0.127. The molecule has 1 atom stereocenters. The maximum atomic E-state index is 11.8. The number of amides is 1. The van der Waals surface area contributed by atoms with E-state index in [1.54, 1.807) is 11.3 Å². The minimum absolute atomic E-state index is 0.0747. The number of carbonyl (C=O) groups excluding carboxylic acids is 2. The molecule has 0 aliphatic carbocycles. The Kier molecular flexibility index (Phi) is 4.47. The van der Waals surface area contributed by atoms with Gasteiger partial charge in [0, 0.05) is 4.88 Å². The monoisotopic (exact) mass is 273 g/mol. The lowest BCUT2D eigenvalue weighted by Gasteiger charge is -2.17. The first-order valence-electron chi connectivity index (χ1n) is 6.04. The van der Waals surface area contributed by atoms with Crippen molar-refractivity contribution in [1.82, 2.24) is 5.32 Å². The van der Waals surface area contributed by atoms with Crippen LogP contribution >= 0.6 is 11.3 Å². The van der Waals surface area contributed by atoms with Crippen molar-refractivity contribution in [3.63, 3.8) is 0 Å². The molecule has 1 N–H and O–H groups in total. The molecule has 3 nitrogen and oxygen atoms in total. The normalized spacial score (nSPS) is 11.8. The Labute approximate surface area is 116 Å². The van der Waals surface area contributed by atoms with Crippen LogP contribution in [0, 0.1) is 0 Å². The predicted octanol–water partition coefficient (Wildman–Crippen LogP) is 2.93. The van der Waals surface area contributed by atoms with Crippen LogP contribution in [0.15, 0.2) is 47.8 Å². The van der Waals surface area contributed by atoms with Gasteiger partial charge in [-0.1, -0.05) is 36.4 Å². The van der Waals surface area contributed by atoms with E-state index >= 15 is 0 Å². The molecule has 0 radical (unpaired) electrons. The van der Waals surface area contributed by atoms with Gasteiger partial charge in [0.05, 0.1) is 12.5 Å². The minimum Gasteiger partial charge on any atom is -0.344 e. The van der Waals surface area contributed by atoms with Gasteiger partial charge in [-0.05, 0) is 23.9 Å². The number of Topliss-reactive ketones (excluding diaryl/α,β-unsaturated/α-hetero) is 1. The first-order chi connectivity index (χ1) is 9.16. The van der Waals surface area contributed by atoms with E-state index in [-0.39, 0.29) is 24.2 Å². The number of nitrogens with one attached hydrogen (secondary N) is 1. The Morgan fingerprint density at radius 3 is 2.47 bits per heavy atom. The third kappa shape index (κ3) is 3.76. The number of rotatable bonds is 5. The van der Waals surface area contributed by atoms with Crippen molar-refractivity contribution in [2.75, 3.05) is 0 Å². The van der Waals surface area contributed by atoms with Gasteiger partial charge >= 0.3 is 0 Å². The van der Waals surface area contributed by atoms with Crippen LogP contribution in [0.4, 0.5) is 0 Å². The zero-order chi connectivity index (χ0) is 13.7. The summed E-state index contributed by atoms with van der Waals surface area (Å²) in [6, 6.07) is 13.5. The minimum atomic E-state index is -0.241.